The molecule has 0 aliphatic heterocycles. The third-order valence-corrected chi connectivity index (χ3v) is 9.24. The van der Waals surface area contributed by atoms with Gasteiger partial charge in [0.1, 0.15) is 12.6 Å². The van der Waals surface area contributed by atoms with Crippen LogP contribution in [0.15, 0.2) is 114 Å². The number of amides is 2. The van der Waals surface area contributed by atoms with Crippen LogP contribution in [0.25, 0.3) is 0 Å². The van der Waals surface area contributed by atoms with Crippen molar-refractivity contribution in [3.8, 4) is 0 Å². The molecule has 7 nitrogen and oxygen atoms in total. The van der Waals surface area contributed by atoms with Crippen LogP contribution in [-0.4, -0.2) is 43.3 Å². The Morgan fingerprint density at radius 2 is 1.38 bits per heavy atom. The summed E-state index contributed by atoms with van der Waals surface area (Å²) in [5.41, 5.74) is 3.62. The highest BCUT2D eigenvalue weighted by molar-refractivity contribution is 7.92. The molecule has 4 aromatic rings. The monoisotopic (exact) mass is 625 g/mol. The third-order valence-electron chi connectivity index (χ3n) is 7.45. The lowest BCUT2D eigenvalue weighted by molar-refractivity contribution is -0.140. The molecule has 0 saturated carbocycles. The zero-order valence-electron chi connectivity index (χ0n) is 26.7. The Hall–Kier alpha value is -4.43. The molecule has 8 heteroatoms. The second kappa shape index (κ2) is 14.6. The summed E-state index contributed by atoms with van der Waals surface area (Å²) in [6.07, 6.45) is 1.05. The average Bonchev–Trinajstić information content (AvgIpc) is 3.01. The van der Waals surface area contributed by atoms with Crippen molar-refractivity contribution >= 4 is 27.5 Å². The lowest BCUT2D eigenvalue weighted by Gasteiger charge is -2.35. The van der Waals surface area contributed by atoms with Gasteiger partial charge in [-0.2, -0.15) is 0 Å². The van der Waals surface area contributed by atoms with Crippen molar-refractivity contribution in [2.45, 2.75) is 70.5 Å². The maximum Gasteiger partial charge on any atom is 0.264 e. The number of carbonyl (C=O) groups is 2. The van der Waals surface area contributed by atoms with Gasteiger partial charge >= 0.3 is 0 Å². The second-order valence-electron chi connectivity index (χ2n) is 12.3. The van der Waals surface area contributed by atoms with E-state index in [1.807, 2.05) is 101 Å². The van der Waals surface area contributed by atoms with Gasteiger partial charge in [-0.3, -0.25) is 13.9 Å². The molecule has 2 amide bonds. The number of sulfonamides is 1. The van der Waals surface area contributed by atoms with Crippen molar-refractivity contribution in [1.82, 2.24) is 10.2 Å². The van der Waals surface area contributed by atoms with Gasteiger partial charge in [0.25, 0.3) is 10.0 Å². The van der Waals surface area contributed by atoms with Crippen molar-refractivity contribution in [3.63, 3.8) is 0 Å². The second-order valence-corrected chi connectivity index (χ2v) is 14.2. The van der Waals surface area contributed by atoms with E-state index < -0.39 is 34.1 Å². The fourth-order valence-corrected chi connectivity index (χ4v) is 6.60. The number of hydrogen-bond acceptors (Lipinski definition) is 4. The topological polar surface area (TPSA) is 86.8 Å². The van der Waals surface area contributed by atoms with Gasteiger partial charge < -0.3 is 10.2 Å². The summed E-state index contributed by atoms with van der Waals surface area (Å²) in [6.45, 7) is 9.32. The van der Waals surface area contributed by atoms with E-state index in [4.69, 9.17) is 0 Å². The molecule has 0 heterocycles. The largest absolute Gasteiger partial charge is 0.350 e. The maximum absolute atomic E-state index is 14.6. The summed E-state index contributed by atoms with van der Waals surface area (Å²) in [6, 6.07) is 31.7. The maximum atomic E-state index is 14.6. The Labute approximate surface area is 268 Å². The molecule has 0 aliphatic rings. The number of benzene rings is 4. The molecule has 0 saturated heterocycles. The van der Waals surface area contributed by atoms with Gasteiger partial charge in [-0.1, -0.05) is 97.4 Å². The van der Waals surface area contributed by atoms with Crippen molar-refractivity contribution < 1.29 is 18.0 Å². The van der Waals surface area contributed by atoms with E-state index in [1.54, 1.807) is 30.3 Å². The zero-order chi connectivity index (χ0) is 32.6. The number of nitrogens with one attached hydrogen (secondary N) is 1. The van der Waals surface area contributed by atoms with Crippen LogP contribution in [0.1, 0.15) is 49.9 Å². The Balaban J connectivity index is 1.81. The SMILES string of the molecule is CCc1ccc(N(CC(=O)N(Cc2cccc(C)c2)[C@H](Cc2ccccc2)C(=O)NC(C)(C)C)S(=O)(=O)c2ccccc2)cc1. The van der Waals surface area contributed by atoms with Gasteiger partial charge in [-0.15, -0.1) is 0 Å². The minimum Gasteiger partial charge on any atom is -0.350 e. The van der Waals surface area contributed by atoms with E-state index in [0.29, 0.717) is 5.69 Å². The van der Waals surface area contributed by atoms with Crippen molar-refractivity contribution in [1.29, 1.82) is 0 Å². The molecule has 0 radical (unpaired) electrons. The standard InChI is InChI=1S/C37H43N3O4S/c1-6-29-20-22-32(23-21-29)40(45(43,44)33-18-11-8-12-19-33)27-35(41)39(26-31-17-13-14-28(2)24-31)34(36(42)38-37(3,4)5)25-30-15-9-7-10-16-30/h7-24,34H,6,25-27H2,1-5H3,(H,38,42)/t34-/m1/s1. The van der Waals surface area contributed by atoms with E-state index in [0.717, 1.165) is 33.0 Å². The molecule has 1 N–H and O–H groups in total. The van der Waals surface area contributed by atoms with Crippen LogP contribution < -0.4 is 9.62 Å². The van der Waals surface area contributed by atoms with E-state index in [1.165, 1.54) is 17.0 Å². The van der Waals surface area contributed by atoms with Gasteiger partial charge in [-0.05, 0) is 75.1 Å². The highest BCUT2D eigenvalue weighted by atomic mass is 32.2. The van der Waals surface area contributed by atoms with Crippen LogP contribution in [0.3, 0.4) is 0 Å². The summed E-state index contributed by atoms with van der Waals surface area (Å²) in [5, 5.41) is 3.06. The highest BCUT2D eigenvalue weighted by Gasteiger charge is 2.35. The number of anilines is 1. The van der Waals surface area contributed by atoms with Crippen LogP contribution >= 0.6 is 0 Å². The first kappa shape index (κ1) is 33.5. The molecule has 0 aliphatic carbocycles. The van der Waals surface area contributed by atoms with Crippen LogP contribution in [0, 0.1) is 6.92 Å². The number of carbonyl (C=O) groups excluding carboxylic acids is 2. The van der Waals surface area contributed by atoms with Crippen LogP contribution in [0.5, 0.6) is 0 Å². The summed E-state index contributed by atoms with van der Waals surface area (Å²) in [4.78, 5) is 30.1. The van der Waals surface area contributed by atoms with Gasteiger partial charge in [0.15, 0.2) is 0 Å². The molecule has 0 unspecified atom stereocenters. The molecule has 0 fully saturated rings. The first-order valence-electron chi connectivity index (χ1n) is 15.2. The number of nitrogens with zero attached hydrogens (tertiary/aromatic N) is 2. The molecule has 0 spiro atoms. The van der Waals surface area contributed by atoms with E-state index in [2.05, 4.69) is 5.32 Å². The molecule has 1 atom stereocenters. The molecule has 4 aromatic carbocycles. The smallest absolute Gasteiger partial charge is 0.264 e. The quantitative estimate of drug-likeness (QED) is 0.200. The molecule has 4 rings (SSSR count). The molecular weight excluding hydrogens is 582 g/mol. The van der Waals surface area contributed by atoms with Crippen LogP contribution in [0.4, 0.5) is 5.69 Å². The predicted molar refractivity (Wildman–Crippen MR) is 180 cm³/mol. The van der Waals surface area contributed by atoms with Gasteiger partial charge in [0, 0.05) is 18.5 Å². The number of rotatable bonds is 12. The van der Waals surface area contributed by atoms with Crippen molar-refractivity contribution in [3.05, 3.63) is 131 Å². The first-order valence-corrected chi connectivity index (χ1v) is 16.7. The van der Waals surface area contributed by atoms with E-state index >= 15 is 0 Å². The molecule has 45 heavy (non-hydrogen) atoms. The Morgan fingerprint density at radius 3 is 1.96 bits per heavy atom. The van der Waals surface area contributed by atoms with E-state index in [9.17, 15) is 18.0 Å². The number of aryl methyl sites for hydroxylation is 2. The first-order chi connectivity index (χ1) is 21.4. The third kappa shape index (κ3) is 9.05. The molecule has 236 valence electrons. The fourth-order valence-electron chi connectivity index (χ4n) is 5.16. The van der Waals surface area contributed by atoms with Crippen molar-refractivity contribution in [2.24, 2.45) is 0 Å². The van der Waals surface area contributed by atoms with E-state index in [-0.39, 0.29) is 23.8 Å². The lowest BCUT2D eigenvalue weighted by Crippen LogP contribution is -2.56. The highest BCUT2D eigenvalue weighted by Crippen LogP contribution is 2.26. The Morgan fingerprint density at radius 1 is 0.778 bits per heavy atom. The molecule has 0 bridgehead atoms. The lowest BCUT2D eigenvalue weighted by atomic mass is 10.0. The Bertz CT molecular complexity index is 1680. The Kier molecular flexibility index (Phi) is 10.8. The summed E-state index contributed by atoms with van der Waals surface area (Å²) in [7, 11) is -4.13. The van der Waals surface area contributed by atoms with Gasteiger partial charge in [0.2, 0.25) is 11.8 Å². The summed E-state index contributed by atoms with van der Waals surface area (Å²) >= 11 is 0. The minimum atomic E-state index is -4.13. The average molecular weight is 626 g/mol. The normalized spacial score (nSPS) is 12.3. The summed E-state index contributed by atoms with van der Waals surface area (Å²) in [5.74, 6) is -0.794. The minimum absolute atomic E-state index is 0.0777. The van der Waals surface area contributed by atoms with Gasteiger partial charge in [-0.25, -0.2) is 8.42 Å². The fraction of sp³-hybridized carbons (Fsp3) is 0.297. The zero-order valence-corrected chi connectivity index (χ0v) is 27.6. The predicted octanol–water partition coefficient (Wildman–Crippen LogP) is 6.31. The number of hydrogen-bond donors (Lipinski definition) is 1. The van der Waals surface area contributed by atoms with Crippen LogP contribution in [0.2, 0.25) is 0 Å². The molecular formula is C37H43N3O4S. The van der Waals surface area contributed by atoms with Crippen molar-refractivity contribution in [2.75, 3.05) is 10.8 Å². The van der Waals surface area contributed by atoms with Gasteiger partial charge in [0.05, 0.1) is 10.6 Å². The molecule has 0 aromatic heterocycles. The summed E-state index contributed by atoms with van der Waals surface area (Å²) < 4.78 is 29.4. The van der Waals surface area contributed by atoms with Crippen LogP contribution in [-0.2, 0) is 39.0 Å².